The van der Waals surface area contributed by atoms with Gasteiger partial charge in [-0.05, 0) is 25.0 Å². The fourth-order valence-corrected chi connectivity index (χ4v) is 3.49. The summed E-state index contributed by atoms with van der Waals surface area (Å²) >= 11 is 0. The van der Waals surface area contributed by atoms with Crippen molar-refractivity contribution in [2.45, 2.75) is 25.0 Å². The number of nitrogens with zero attached hydrogens (tertiary/aromatic N) is 3. The van der Waals surface area contributed by atoms with Gasteiger partial charge in [-0.2, -0.15) is 0 Å². The van der Waals surface area contributed by atoms with Crippen LogP contribution in [0.1, 0.15) is 18.5 Å². The molecule has 2 fully saturated rings. The Balaban J connectivity index is 1.52. The molecule has 1 aromatic heterocycles. The number of methoxy groups -OCH3 is 1. The van der Waals surface area contributed by atoms with Crippen LogP contribution >= 0.6 is 0 Å². The summed E-state index contributed by atoms with van der Waals surface area (Å²) in [5.41, 5.74) is 1.20. The van der Waals surface area contributed by atoms with Crippen molar-refractivity contribution in [3.8, 4) is 0 Å². The van der Waals surface area contributed by atoms with Crippen LogP contribution in [0.4, 0.5) is 0 Å². The van der Waals surface area contributed by atoms with Crippen LogP contribution in [-0.4, -0.2) is 73.4 Å². The van der Waals surface area contributed by atoms with Crippen molar-refractivity contribution in [2.75, 3.05) is 53.0 Å². The van der Waals surface area contributed by atoms with E-state index in [1.807, 2.05) is 12.3 Å². The van der Waals surface area contributed by atoms with Gasteiger partial charge in [0.1, 0.15) is 0 Å². The van der Waals surface area contributed by atoms with Gasteiger partial charge in [-0.15, -0.1) is 0 Å². The minimum atomic E-state index is 0.0522. The lowest BCUT2D eigenvalue weighted by molar-refractivity contribution is -0.138. The molecule has 122 valence electrons. The summed E-state index contributed by atoms with van der Waals surface area (Å²) in [5, 5.41) is 0. The van der Waals surface area contributed by atoms with Gasteiger partial charge in [-0.1, -0.05) is 6.07 Å². The molecule has 5 heteroatoms. The molecule has 0 radical (unpaired) electrons. The van der Waals surface area contributed by atoms with Gasteiger partial charge < -0.3 is 14.4 Å². The molecule has 3 heterocycles. The highest BCUT2D eigenvalue weighted by Gasteiger charge is 2.39. The SMILES string of the molecule is COCCN1CCC2(CC1)CN(Cc1ccccn1)CCO2. The number of hydrogen-bond donors (Lipinski definition) is 0. The average Bonchev–Trinajstić information content (AvgIpc) is 2.56. The summed E-state index contributed by atoms with van der Waals surface area (Å²) in [6.45, 7) is 7.88. The van der Waals surface area contributed by atoms with Crippen LogP contribution in [0.25, 0.3) is 0 Å². The quantitative estimate of drug-likeness (QED) is 0.822. The molecule has 0 amide bonds. The van der Waals surface area contributed by atoms with Crippen LogP contribution in [0.3, 0.4) is 0 Å². The fraction of sp³-hybridized carbons (Fsp3) is 0.706. The molecule has 0 aromatic carbocycles. The lowest BCUT2D eigenvalue weighted by Crippen LogP contribution is -2.56. The fourth-order valence-electron chi connectivity index (χ4n) is 3.49. The minimum absolute atomic E-state index is 0.0522. The summed E-state index contributed by atoms with van der Waals surface area (Å²) in [6, 6.07) is 6.14. The predicted molar refractivity (Wildman–Crippen MR) is 85.7 cm³/mol. The molecule has 1 spiro atoms. The third kappa shape index (κ3) is 4.04. The third-order valence-corrected chi connectivity index (χ3v) is 4.82. The van der Waals surface area contributed by atoms with E-state index in [0.29, 0.717) is 0 Å². The van der Waals surface area contributed by atoms with E-state index in [1.165, 1.54) is 0 Å². The van der Waals surface area contributed by atoms with Crippen molar-refractivity contribution in [1.29, 1.82) is 0 Å². The lowest BCUT2D eigenvalue weighted by Gasteiger charge is -2.47. The van der Waals surface area contributed by atoms with E-state index in [9.17, 15) is 0 Å². The summed E-state index contributed by atoms with van der Waals surface area (Å²) in [6.07, 6.45) is 4.12. The highest BCUT2D eigenvalue weighted by molar-refractivity contribution is 5.04. The van der Waals surface area contributed by atoms with Crippen molar-refractivity contribution in [3.05, 3.63) is 30.1 Å². The van der Waals surface area contributed by atoms with Crippen molar-refractivity contribution in [2.24, 2.45) is 0 Å². The van der Waals surface area contributed by atoms with Gasteiger partial charge in [0, 0.05) is 52.6 Å². The zero-order chi connectivity index (χ0) is 15.3. The number of piperidine rings is 1. The number of pyridine rings is 1. The first-order chi connectivity index (χ1) is 10.8. The molecular weight excluding hydrogens is 278 g/mol. The number of likely N-dealkylation sites (tertiary alicyclic amines) is 1. The number of morpholine rings is 1. The summed E-state index contributed by atoms with van der Waals surface area (Å²) in [4.78, 5) is 9.43. The van der Waals surface area contributed by atoms with Gasteiger partial charge >= 0.3 is 0 Å². The van der Waals surface area contributed by atoms with Crippen LogP contribution in [0.2, 0.25) is 0 Å². The van der Waals surface area contributed by atoms with Crippen LogP contribution in [0.5, 0.6) is 0 Å². The molecule has 0 saturated carbocycles. The van der Waals surface area contributed by atoms with Gasteiger partial charge in [0.2, 0.25) is 0 Å². The molecule has 1 aromatic rings. The Morgan fingerprint density at radius 3 is 2.82 bits per heavy atom. The zero-order valence-corrected chi connectivity index (χ0v) is 13.5. The van der Waals surface area contributed by atoms with E-state index in [4.69, 9.17) is 9.47 Å². The third-order valence-electron chi connectivity index (χ3n) is 4.82. The standard InChI is InChI=1S/C17H27N3O2/c1-21-12-10-19-8-5-17(6-9-19)15-20(11-13-22-17)14-16-4-2-3-7-18-16/h2-4,7H,5-6,8-15H2,1H3. The van der Waals surface area contributed by atoms with E-state index < -0.39 is 0 Å². The lowest BCUT2D eigenvalue weighted by atomic mass is 9.89. The molecule has 0 bridgehead atoms. The Bertz CT molecular complexity index is 446. The number of hydrogen-bond acceptors (Lipinski definition) is 5. The van der Waals surface area contributed by atoms with Gasteiger partial charge in [0.25, 0.3) is 0 Å². The number of aromatic nitrogens is 1. The molecule has 3 rings (SSSR count). The molecule has 0 atom stereocenters. The smallest absolute Gasteiger partial charge is 0.0833 e. The highest BCUT2D eigenvalue weighted by atomic mass is 16.5. The molecule has 5 nitrogen and oxygen atoms in total. The maximum absolute atomic E-state index is 6.21. The minimum Gasteiger partial charge on any atom is -0.383 e. The van der Waals surface area contributed by atoms with E-state index in [0.717, 1.165) is 71.0 Å². The van der Waals surface area contributed by atoms with E-state index >= 15 is 0 Å². The van der Waals surface area contributed by atoms with E-state index in [2.05, 4.69) is 26.9 Å². The van der Waals surface area contributed by atoms with Crippen molar-refractivity contribution >= 4 is 0 Å². The first-order valence-electron chi connectivity index (χ1n) is 8.27. The highest BCUT2D eigenvalue weighted by Crippen LogP contribution is 2.30. The van der Waals surface area contributed by atoms with Crippen LogP contribution in [-0.2, 0) is 16.0 Å². The second-order valence-electron chi connectivity index (χ2n) is 6.40. The second kappa shape index (κ2) is 7.51. The average molecular weight is 305 g/mol. The maximum Gasteiger partial charge on any atom is 0.0833 e. The van der Waals surface area contributed by atoms with Crippen LogP contribution < -0.4 is 0 Å². The summed E-state index contributed by atoms with van der Waals surface area (Å²) in [5.74, 6) is 0. The second-order valence-corrected chi connectivity index (χ2v) is 6.40. The molecular formula is C17H27N3O2. The van der Waals surface area contributed by atoms with E-state index in [1.54, 1.807) is 7.11 Å². The Morgan fingerprint density at radius 1 is 1.23 bits per heavy atom. The number of rotatable bonds is 5. The largest absolute Gasteiger partial charge is 0.383 e. The monoisotopic (exact) mass is 305 g/mol. The molecule has 2 saturated heterocycles. The zero-order valence-electron chi connectivity index (χ0n) is 13.5. The van der Waals surface area contributed by atoms with Gasteiger partial charge in [0.05, 0.1) is 24.5 Å². The Labute approximate surface area is 133 Å². The maximum atomic E-state index is 6.21. The topological polar surface area (TPSA) is 37.8 Å². The Kier molecular flexibility index (Phi) is 5.41. The number of ether oxygens (including phenoxy) is 2. The summed E-state index contributed by atoms with van der Waals surface area (Å²) < 4.78 is 11.4. The molecule has 22 heavy (non-hydrogen) atoms. The molecule has 2 aliphatic rings. The predicted octanol–water partition coefficient (Wildman–Crippen LogP) is 1.39. The van der Waals surface area contributed by atoms with Crippen LogP contribution in [0.15, 0.2) is 24.4 Å². The van der Waals surface area contributed by atoms with Crippen molar-refractivity contribution < 1.29 is 9.47 Å². The normalized spacial score (nSPS) is 23.0. The Hall–Kier alpha value is -1.01. The molecule has 0 N–H and O–H groups in total. The Morgan fingerprint density at radius 2 is 2.09 bits per heavy atom. The van der Waals surface area contributed by atoms with E-state index in [-0.39, 0.29) is 5.60 Å². The molecule has 0 aliphatic carbocycles. The van der Waals surface area contributed by atoms with Gasteiger partial charge in [-0.25, -0.2) is 0 Å². The summed E-state index contributed by atoms with van der Waals surface area (Å²) in [7, 11) is 1.77. The van der Waals surface area contributed by atoms with Gasteiger partial charge in [-0.3, -0.25) is 9.88 Å². The first kappa shape index (κ1) is 15.9. The molecule has 0 unspecified atom stereocenters. The van der Waals surface area contributed by atoms with Crippen molar-refractivity contribution in [3.63, 3.8) is 0 Å². The van der Waals surface area contributed by atoms with Crippen LogP contribution in [0, 0.1) is 0 Å². The van der Waals surface area contributed by atoms with Gasteiger partial charge in [0.15, 0.2) is 0 Å². The van der Waals surface area contributed by atoms with Crippen molar-refractivity contribution in [1.82, 2.24) is 14.8 Å². The first-order valence-corrected chi connectivity index (χ1v) is 8.27. The molecule has 2 aliphatic heterocycles.